The number of H-pyrrole nitrogens is 1. The first-order valence-electron chi connectivity index (χ1n) is 3.67. The first-order valence-corrected chi connectivity index (χ1v) is 5.00. The lowest BCUT2D eigenvalue weighted by atomic mass is 10.3. The minimum Gasteiger partial charge on any atom is -0.327 e. The molecular formula is C9H7BrClNO. The van der Waals surface area contributed by atoms with Gasteiger partial charge in [-0.15, -0.1) is 11.6 Å². The Morgan fingerprint density at radius 3 is 3.08 bits per heavy atom. The lowest BCUT2D eigenvalue weighted by Crippen LogP contribution is -2.08. The summed E-state index contributed by atoms with van der Waals surface area (Å²) in [4.78, 5) is 13.7. The fourth-order valence-corrected chi connectivity index (χ4v) is 1.19. The highest BCUT2D eigenvalue weighted by Gasteiger charge is 1.94. The molecular weight excluding hydrogens is 253 g/mol. The summed E-state index contributed by atoms with van der Waals surface area (Å²) < 4.78 is 0.808. The first kappa shape index (κ1) is 10.4. The van der Waals surface area contributed by atoms with E-state index in [0.29, 0.717) is 17.9 Å². The van der Waals surface area contributed by atoms with E-state index in [1.54, 1.807) is 12.3 Å². The van der Waals surface area contributed by atoms with E-state index in [-0.39, 0.29) is 5.56 Å². The number of alkyl halides is 1. The highest BCUT2D eigenvalue weighted by Crippen LogP contribution is 2.05. The highest BCUT2D eigenvalue weighted by molar-refractivity contribution is 9.10. The number of aromatic nitrogens is 1. The molecule has 0 amide bonds. The van der Waals surface area contributed by atoms with Crippen LogP contribution in [0.25, 0.3) is 0 Å². The predicted octanol–water partition coefficient (Wildman–Crippen LogP) is 2.12. The van der Waals surface area contributed by atoms with Crippen LogP contribution in [0.15, 0.2) is 21.5 Å². The van der Waals surface area contributed by atoms with Crippen molar-refractivity contribution in [1.29, 1.82) is 0 Å². The maximum absolute atomic E-state index is 11.2. The van der Waals surface area contributed by atoms with Gasteiger partial charge in [-0.25, -0.2) is 0 Å². The van der Waals surface area contributed by atoms with Crippen LogP contribution in [0.3, 0.4) is 0 Å². The van der Waals surface area contributed by atoms with E-state index in [9.17, 15) is 4.79 Å². The molecule has 1 aromatic rings. The summed E-state index contributed by atoms with van der Waals surface area (Å²) in [5, 5.41) is 0. The van der Waals surface area contributed by atoms with E-state index in [0.717, 1.165) is 4.47 Å². The van der Waals surface area contributed by atoms with Gasteiger partial charge in [-0.1, -0.05) is 11.8 Å². The quantitative estimate of drug-likeness (QED) is 0.609. The third kappa shape index (κ3) is 3.25. The Morgan fingerprint density at radius 1 is 1.62 bits per heavy atom. The van der Waals surface area contributed by atoms with Crippen molar-refractivity contribution in [3.05, 3.63) is 32.7 Å². The number of rotatable bonds is 1. The van der Waals surface area contributed by atoms with E-state index in [2.05, 4.69) is 32.8 Å². The van der Waals surface area contributed by atoms with Crippen molar-refractivity contribution in [2.75, 3.05) is 5.88 Å². The van der Waals surface area contributed by atoms with Crippen LogP contribution in [-0.4, -0.2) is 10.9 Å². The molecule has 4 heteroatoms. The van der Waals surface area contributed by atoms with Crippen LogP contribution in [-0.2, 0) is 0 Å². The Kier molecular flexibility index (Phi) is 4.07. The van der Waals surface area contributed by atoms with Crippen LogP contribution >= 0.6 is 27.5 Å². The molecule has 1 N–H and O–H groups in total. The van der Waals surface area contributed by atoms with Crippen molar-refractivity contribution in [3.63, 3.8) is 0 Å². The van der Waals surface area contributed by atoms with Crippen LogP contribution in [0.5, 0.6) is 0 Å². The van der Waals surface area contributed by atoms with Crippen molar-refractivity contribution in [3.8, 4) is 11.8 Å². The molecule has 1 rings (SSSR count). The summed E-state index contributed by atoms with van der Waals surface area (Å²) in [6.45, 7) is 0. The molecule has 0 saturated heterocycles. The second-order valence-corrected chi connectivity index (χ2v) is 3.60. The van der Waals surface area contributed by atoms with Gasteiger partial charge in [-0.2, -0.15) is 0 Å². The van der Waals surface area contributed by atoms with E-state index in [1.807, 2.05) is 0 Å². The lowest BCUT2D eigenvalue weighted by molar-refractivity contribution is 1.20. The number of aromatic amines is 1. The van der Waals surface area contributed by atoms with Gasteiger partial charge < -0.3 is 4.98 Å². The van der Waals surface area contributed by atoms with Gasteiger partial charge in [0.1, 0.15) is 0 Å². The highest BCUT2D eigenvalue weighted by atomic mass is 79.9. The van der Waals surface area contributed by atoms with Gasteiger partial charge in [0.25, 0.3) is 5.56 Å². The Hall–Kier alpha value is -0.720. The average Bonchev–Trinajstić information content (AvgIpc) is 2.11. The van der Waals surface area contributed by atoms with Gasteiger partial charge in [0.15, 0.2) is 0 Å². The van der Waals surface area contributed by atoms with Gasteiger partial charge in [0.2, 0.25) is 0 Å². The van der Waals surface area contributed by atoms with E-state index in [1.165, 1.54) is 0 Å². The van der Waals surface area contributed by atoms with Crippen LogP contribution in [0, 0.1) is 11.8 Å². The zero-order chi connectivity index (χ0) is 9.68. The lowest BCUT2D eigenvalue weighted by Gasteiger charge is -1.90. The molecule has 0 saturated carbocycles. The largest absolute Gasteiger partial charge is 0.327 e. The molecule has 68 valence electrons. The molecule has 0 aliphatic carbocycles. The number of nitrogens with one attached hydrogen (secondary N) is 1. The van der Waals surface area contributed by atoms with E-state index >= 15 is 0 Å². The Morgan fingerprint density at radius 2 is 2.38 bits per heavy atom. The number of halogens is 2. The van der Waals surface area contributed by atoms with Gasteiger partial charge in [0.05, 0.1) is 5.56 Å². The number of hydrogen-bond donors (Lipinski definition) is 1. The summed E-state index contributed by atoms with van der Waals surface area (Å²) >= 11 is 8.68. The van der Waals surface area contributed by atoms with Crippen LogP contribution < -0.4 is 5.56 Å². The topological polar surface area (TPSA) is 32.9 Å². The van der Waals surface area contributed by atoms with Gasteiger partial charge in [-0.05, 0) is 22.0 Å². The summed E-state index contributed by atoms with van der Waals surface area (Å²) in [6, 6.07) is 1.68. The molecule has 0 aliphatic rings. The minimum atomic E-state index is -0.176. The normalized spacial score (nSPS) is 9.08. The molecule has 0 aromatic carbocycles. The molecule has 1 aromatic heterocycles. The van der Waals surface area contributed by atoms with Crippen LogP contribution in [0.1, 0.15) is 12.0 Å². The monoisotopic (exact) mass is 259 g/mol. The fraction of sp³-hybridized carbons (Fsp3) is 0.222. The molecule has 0 unspecified atom stereocenters. The van der Waals surface area contributed by atoms with Gasteiger partial charge in [0, 0.05) is 23.0 Å². The maximum atomic E-state index is 11.2. The summed E-state index contributed by atoms with van der Waals surface area (Å²) in [5.41, 5.74) is 0.282. The summed E-state index contributed by atoms with van der Waals surface area (Å²) in [6.07, 6.45) is 2.17. The minimum absolute atomic E-state index is 0.176. The van der Waals surface area contributed by atoms with Crippen LogP contribution in [0.4, 0.5) is 0 Å². The Labute approximate surface area is 89.4 Å². The van der Waals surface area contributed by atoms with Crippen molar-refractivity contribution in [2.45, 2.75) is 6.42 Å². The Bertz CT molecular complexity index is 402. The average molecular weight is 261 g/mol. The molecule has 0 radical (unpaired) electrons. The SMILES string of the molecule is O=c1[nH]cc(Br)cc1C#CCCCl. The summed E-state index contributed by atoms with van der Waals surface area (Å²) in [5.74, 6) is 6.03. The molecule has 0 fully saturated rings. The standard InChI is InChI=1S/C9H7BrClNO/c10-8-5-7(3-1-2-4-11)9(13)12-6-8/h5-6H,2,4H2,(H,12,13). The van der Waals surface area contributed by atoms with Crippen LogP contribution in [0.2, 0.25) is 0 Å². The van der Waals surface area contributed by atoms with E-state index in [4.69, 9.17) is 11.6 Å². The molecule has 2 nitrogen and oxygen atoms in total. The molecule has 0 spiro atoms. The third-order valence-corrected chi connectivity index (χ3v) is 1.96. The zero-order valence-corrected chi connectivity index (χ0v) is 9.08. The van der Waals surface area contributed by atoms with Crippen molar-refractivity contribution in [1.82, 2.24) is 4.98 Å². The first-order chi connectivity index (χ1) is 6.24. The molecule has 13 heavy (non-hydrogen) atoms. The molecule has 1 heterocycles. The fourth-order valence-electron chi connectivity index (χ4n) is 0.755. The summed E-state index contributed by atoms with van der Waals surface area (Å²) in [7, 11) is 0. The van der Waals surface area contributed by atoms with Crippen molar-refractivity contribution >= 4 is 27.5 Å². The number of pyridine rings is 1. The number of hydrogen-bond acceptors (Lipinski definition) is 1. The third-order valence-electron chi connectivity index (χ3n) is 1.31. The zero-order valence-electron chi connectivity index (χ0n) is 6.73. The second kappa shape index (κ2) is 5.11. The van der Waals surface area contributed by atoms with Gasteiger partial charge in [-0.3, -0.25) is 4.79 Å². The predicted molar refractivity (Wildman–Crippen MR) is 57.0 cm³/mol. The molecule has 0 bridgehead atoms. The van der Waals surface area contributed by atoms with Crippen molar-refractivity contribution < 1.29 is 0 Å². The Balaban J connectivity index is 2.96. The molecule has 0 atom stereocenters. The second-order valence-electron chi connectivity index (χ2n) is 2.30. The smallest absolute Gasteiger partial charge is 0.263 e. The molecule has 0 aliphatic heterocycles. The maximum Gasteiger partial charge on any atom is 0.263 e. The van der Waals surface area contributed by atoms with Crippen molar-refractivity contribution in [2.24, 2.45) is 0 Å². The van der Waals surface area contributed by atoms with Gasteiger partial charge >= 0.3 is 0 Å². The van der Waals surface area contributed by atoms with E-state index < -0.39 is 0 Å².